The van der Waals surface area contributed by atoms with E-state index < -0.39 is 156 Å². The molecule has 1 fully saturated rings. The first kappa shape index (κ1) is 77.9. The Morgan fingerprint density at radius 2 is 0.930 bits per heavy atom. The number of carbonyl (C=O) groups is 11. The minimum atomic E-state index is -1.61. The Bertz CT molecular complexity index is 2340. The molecule has 0 unspecified atom stereocenters. The maximum Gasteiger partial charge on any atom is 0.246 e. The van der Waals surface area contributed by atoms with Gasteiger partial charge >= 0.3 is 0 Å². The van der Waals surface area contributed by atoms with Gasteiger partial charge in [-0.15, -0.1) is 0 Å². The highest BCUT2D eigenvalue weighted by molar-refractivity contribution is 5.99. The second-order valence-electron chi connectivity index (χ2n) is 26.4. The predicted octanol–water partition coefficient (Wildman–Crippen LogP) is 3.66. The Hall–Kier alpha value is -6.13. The Kier molecular flexibility index (Phi) is 32.3. The van der Waals surface area contributed by atoms with Crippen molar-refractivity contribution < 1.29 is 57.8 Å². The van der Waals surface area contributed by atoms with Crippen LogP contribution in [0, 0.1) is 41.4 Å². The Labute approximate surface area is 515 Å². The summed E-state index contributed by atoms with van der Waals surface area (Å²) in [4.78, 5) is 169. The fourth-order valence-corrected chi connectivity index (χ4v) is 10.8. The summed E-state index contributed by atoms with van der Waals surface area (Å²) in [5.74, 6) is -9.44. The highest BCUT2D eigenvalue weighted by Crippen LogP contribution is 2.26. The molecular formula is C63H113N11O12. The third-order valence-corrected chi connectivity index (χ3v) is 16.4. The number of nitrogens with one attached hydrogen (secondary N) is 4. The molecule has 86 heavy (non-hydrogen) atoms. The SMILES string of the molecule is C/C=C/C[C@@H](C)[C@@H](O)[C@H]1C(=O)N[C@@H](CC)C(=O)N(C)CC(=O)N(C)[C@@H](CCC(C)C)C(=O)N[C@@H](C(C)C)C(=O)N(C)[C@@H](CC(C)C)C(=O)N[C@@H](C)C(=O)N[C@H](C)C(=O)N(C)[C@@H](CC(C)C)C(=O)N(C)[C@@H](CC(C)C)C(=O)N(C)[C@@H](C(C)C)C(=O)N1C. The number of aliphatic hydroxyl groups is 1. The van der Waals surface area contributed by atoms with Gasteiger partial charge in [0.15, 0.2) is 0 Å². The Morgan fingerprint density at radius 1 is 0.477 bits per heavy atom. The molecule has 1 saturated heterocycles. The average Bonchev–Trinajstić information content (AvgIpc) is 3.62. The number of allylic oxidation sites excluding steroid dienone is 2. The minimum absolute atomic E-state index is 0.0239. The molecule has 1 heterocycles. The van der Waals surface area contributed by atoms with E-state index in [2.05, 4.69) is 21.3 Å². The van der Waals surface area contributed by atoms with E-state index in [1.165, 1.54) is 87.7 Å². The summed E-state index contributed by atoms with van der Waals surface area (Å²) in [5.41, 5.74) is 0. The third kappa shape index (κ3) is 21.9. The number of amides is 11. The van der Waals surface area contributed by atoms with Gasteiger partial charge in [-0.1, -0.05) is 109 Å². The second-order valence-corrected chi connectivity index (χ2v) is 26.4. The molecule has 0 aromatic rings. The highest BCUT2D eigenvalue weighted by Gasteiger charge is 2.45. The molecule has 1 rings (SSSR count). The molecule has 23 heteroatoms. The van der Waals surface area contributed by atoms with Gasteiger partial charge in [-0.25, -0.2) is 0 Å². The lowest BCUT2D eigenvalue weighted by Crippen LogP contribution is -2.63. The first-order valence-electron chi connectivity index (χ1n) is 31.1. The topological polar surface area (TPSA) is 279 Å². The van der Waals surface area contributed by atoms with Crippen molar-refractivity contribution in [2.75, 3.05) is 55.9 Å². The van der Waals surface area contributed by atoms with Gasteiger partial charge in [-0.3, -0.25) is 52.7 Å². The smallest absolute Gasteiger partial charge is 0.246 e. The Morgan fingerprint density at radius 3 is 1.40 bits per heavy atom. The van der Waals surface area contributed by atoms with Crippen LogP contribution in [-0.4, -0.2) is 227 Å². The van der Waals surface area contributed by atoms with Gasteiger partial charge in [0.05, 0.1) is 12.6 Å². The van der Waals surface area contributed by atoms with Crippen LogP contribution in [0.15, 0.2) is 12.2 Å². The van der Waals surface area contributed by atoms with Gasteiger partial charge in [0.1, 0.15) is 60.4 Å². The third-order valence-electron chi connectivity index (χ3n) is 16.4. The molecule has 0 aliphatic carbocycles. The van der Waals surface area contributed by atoms with Crippen LogP contribution in [0.2, 0.25) is 0 Å². The molecule has 0 spiro atoms. The number of hydrogen-bond acceptors (Lipinski definition) is 12. The lowest BCUT2D eigenvalue weighted by molar-refractivity contribution is -0.157. The molecule has 0 saturated carbocycles. The minimum Gasteiger partial charge on any atom is -0.390 e. The number of likely N-dealkylation sites (N-methyl/N-ethyl adjacent to an activating group) is 7. The van der Waals surface area contributed by atoms with E-state index in [0.29, 0.717) is 12.8 Å². The van der Waals surface area contributed by atoms with Crippen molar-refractivity contribution >= 4 is 65.0 Å². The van der Waals surface area contributed by atoms with Crippen LogP contribution in [0.1, 0.15) is 163 Å². The largest absolute Gasteiger partial charge is 0.390 e. The molecule has 0 aromatic carbocycles. The molecule has 12 atom stereocenters. The van der Waals surface area contributed by atoms with Gasteiger partial charge in [0.25, 0.3) is 0 Å². The van der Waals surface area contributed by atoms with Crippen LogP contribution in [0.5, 0.6) is 0 Å². The van der Waals surface area contributed by atoms with Crippen molar-refractivity contribution in [3.05, 3.63) is 12.2 Å². The number of nitrogens with zero attached hydrogens (tertiary/aromatic N) is 7. The van der Waals surface area contributed by atoms with Gasteiger partial charge in [-0.05, 0) is 107 Å². The van der Waals surface area contributed by atoms with Crippen LogP contribution in [0.3, 0.4) is 0 Å². The fourth-order valence-electron chi connectivity index (χ4n) is 10.8. The quantitative estimate of drug-likeness (QED) is 0.139. The van der Waals surface area contributed by atoms with Crippen LogP contribution in [-0.2, 0) is 52.7 Å². The molecule has 0 radical (unpaired) electrons. The fraction of sp³-hybridized carbons (Fsp3) is 0.794. The molecule has 11 amide bonds. The number of aliphatic hydroxyl groups excluding tert-OH is 1. The van der Waals surface area contributed by atoms with Crippen molar-refractivity contribution in [3.63, 3.8) is 0 Å². The first-order chi connectivity index (χ1) is 39.7. The molecule has 1 aliphatic heterocycles. The van der Waals surface area contributed by atoms with Crippen LogP contribution in [0.4, 0.5) is 0 Å². The number of carbonyl (C=O) groups excluding carboxylic acids is 11. The molecule has 23 nitrogen and oxygen atoms in total. The zero-order valence-electron chi connectivity index (χ0n) is 56.8. The molecular weight excluding hydrogens is 1100 g/mol. The van der Waals surface area contributed by atoms with Crippen LogP contribution in [0.25, 0.3) is 0 Å². The molecule has 492 valence electrons. The zero-order valence-corrected chi connectivity index (χ0v) is 56.8. The van der Waals surface area contributed by atoms with Gasteiger partial charge in [-0.2, -0.15) is 0 Å². The van der Waals surface area contributed by atoms with Crippen LogP contribution < -0.4 is 21.3 Å². The van der Waals surface area contributed by atoms with Crippen molar-refractivity contribution in [1.29, 1.82) is 0 Å². The van der Waals surface area contributed by atoms with E-state index in [9.17, 15) is 48.3 Å². The standard InChI is InChI=1S/C63H113N11O12/c1-25-27-28-41(15)53(76)52-57(80)66-44(26-2)59(82)68(18)34-49(75)69(19)45(30-29-35(3)4)55(78)67-50(39(11)12)62(85)70(20)46(31-36(5)6)56(79)64-42(16)54(77)65-43(17)58(81)71(21)47(32-37(7)8)60(83)72(22)48(33-38(9)10)61(84)73(23)51(40(13)14)63(86)74(52)24/h25,27,35-48,50-53,76H,26,28-34H2,1-24H3,(H,64,79)(H,65,77)(H,66,80)(H,67,78)/b27-25+/t41-,42+,43-,44+,45+,46+,47+,48+,50+,51+,52+,53-/m1/s1. The van der Waals surface area contributed by atoms with Crippen molar-refractivity contribution in [1.82, 2.24) is 55.6 Å². The maximum absolute atomic E-state index is 15.1. The van der Waals surface area contributed by atoms with E-state index in [-0.39, 0.29) is 55.8 Å². The molecule has 1 aliphatic rings. The lowest BCUT2D eigenvalue weighted by atomic mass is 9.91. The molecule has 0 aromatic heterocycles. The van der Waals surface area contributed by atoms with E-state index in [1.54, 1.807) is 54.5 Å². The summed E-state index contributed by atoms with van der Waals surface area (Å²) in [6.07, 6.45) is 3.57. The number of rotatable bonds is 16. The summed E-state index contributed by atoms with van der Waals surface area (Å²) < 4.78 is 0. The van der Waals surface area contributed by atoms with Gasteiger partial charge < -0.3 is 60.7 Å². The maximum atomic E-state index is 15.1. The number of hydrogen-bond donors (Lipinski definition) is 5. The van der Waals surface area contributed by atoms with E-state index in [4.69, 9.17) is 0 Å². The van der Waals surface area contributed by atoms with Crippen molar-refractivity contribution in [3.8, 4) is 0 Å². The summed E-state index contributed by atoms with van der Waals surface area (Å²) >= 11 is 0. The Balaban J connectivity index is 4.33. The summed E-state index contributed by atoms with van der Waals surface area (Å²) in [6, 6.07) is -12.3. The van der Waals surface area contributed by atoms with Gasteiger partial charge in [0, 0.05) is 49.3 Å². The summed E-state index contributed by atoms with van der Waals surface area (Å²) in [6.45, 7) is 29.6. The normalized spacial score (nSPS) is 26.7. The first-order valence-corrected chi connectivity index (χ1v) is 31.1. The summed E-state index contributed by atoms with van der Waals surface area (Å²) in [7, 11) is 9.94. The average molecular weight is 1220 g/mol. The van der Waals surface area contributed by atoms with Crippen LogP contribution >= 0.6 is 0 Å². The highest BCUT2D eigenvalue weighted by atomic mass is 16.3. The monoisotopic (exact) mass is 1220 g/mol. The van der Waals surface area contributed by atoms with Crippen molar-refractivity contribution in [2.24, 2.45) is 41.4 Å². The zero-order chi connectivity index (χ0) is 66.7. The van der Waals surface area contributed by atoms with Crippen molar-refractivity contribution in [2.45, 2.75) is 229 Å². The lowest BCUT2D eigenvalue weighted by Gasteiger charge is -2.41. The second kappa shape index (κ2) is 35.6. The molecule has 5 N–H and O–H groups in total. The van der Waals surface area contributed by atoms with Gasteiger partial charge in [0.2, 0.25) is 65.0 Å². The summed E-state index contributed by atoms with van der Waals surface area (Å²) in [5, 5.41) is 23.1. The van der Waals surface area contributed by atoms with E-state index in [1.807, 2.05) is 61.5 Å². The predicted molar refractivity (Wildman–Crippen MR) is 333 cm³/mol. The molecule has 0 bridgehead atoms. The van der Waals surface area contributed by atoms with E-state index in [0.717, 1.165) is 9.80 Å². The van der Waals surface area contributed by atoms with E-state index >= 15 is 9.59 Å².